The number of hydrogen-bond donors (Lipinski definition) is 0. The SMILES string of the molecule is CC12CC3CC1CC2C3. The summed E-state index contributed by atoms with van der Waals surface area (Å²) in [5.74, 6) is 3.50. The van der Waals surface area contributed by atoms with Crippen LogP contribution in [0, 0.1) is 23.2 Å². The lowest BCUT2D eigenvalue weighted by molar-refractivity contribution is -0.0116. The van der Waals surface area contributed by atoms with Gasteiger partial charge in [0, 0.05) is 0 Å². The average molecular weight is 122 g/mol. The maximum Gasteiger partial charge on any atom is -0.0266 e. The van der Waals surface area contributed by atoms with Crippen LogP contribution in [0.1, 0.15) is 32.6 Å². The zero-order valence-electron chi connectivity index (χ0n) is 6.06. The van der Waals surface area contributed by atoms with Crippen LogP contribution in [0.25, 0.3) is 0 Å². The van der Waals surface area contributed by atoms with E-state index in [-0.39, 0.29) is 0 Å². The van der Waals surface area contributed by atoms with Gasteiger partial charge in [0.1, 0.15) is 0 Å². The largest absolute Gasteiger partial charge is 0.0591 e. The van der Waals surface area contributed by atoms with Crippen molar-refractivity contribution in [2.45, 2.75) is 32.6 Å². The quantitative estimate of drug-likeness (QED) is 0.463. The van der Waals surface area contributed by atoms with Crippen LogP contribution in [-0.4, -0.2) is 0 Å². The maximum atomic E-state index is 2.53. The maximum absolute atomic E-state index is 2.53. The van der Waals surface area contributed by atoms with Gasteiger partial charge in [-0.3, -0.25) is 0 Å². The number of hydrogen-bond acceptors (Lipinski definition) is 0. The van der Waals surface area contributed by atoms with Gasteiger partial charge in [-0.05, 0) is 48.9 Å². The van der Waals surface area contributed by atoms with Crippen molar-refractivity contribution in [2.75, 3.05) is 0 Å². The first-order chi connectivity index (χ1) is 4.29. The third-order valence-corrected chi connectivity index (χ3v) is 4.40. The fourth-order valence-corrected chi connectivity index (χ4v) is 3.81. The van der Waals surface area contributed by atoms with Gasteiger partial charge in [0.05, 0.1) is 0 Å². The summed E-state index contributed by atoms with van der Waals surface area (Å²) in [6.45, 7) is 2.53. The Morgan fingerprint density at radius 1 is 1.11 bits per heavy atom. The van der Waals surface area contributed by atoms with E-state index in [0.717, 1.165) is 5.41 Å². The monoisotopic (exact) mass is 122 g/mol. The Balaban J connectivity index is 2.07. The zero-order valence-corrected chi connectivity index (χ0v) is 6.06. The molecule has 0 amide bonds. The summed E-state index contributed by atoms with van der Waals surface area (Å²) in [5, 5.41) is 0. The van der Waals surface area contributed by atoms with Crippen LogP contribution >= 0.6 is 0 Å². The van der Waals surface area contributed by atoms with Crippen LogP contribution in [0.2, 0.25) is 0 Å². The molecule has 0 heteroatoms. The second kappa shape index (κ2) is 1.09. The van der Waals surface area contributed by atoms with Crippen LogP contribution in [0.5, 0.6) is 0 Å². The summed E-state index contributed by atoms with van der Waals surface area (Å²) >= 11 is 0. The highest BCUT2D eigenvalue weighted by Gasteiger charge is 2.62. The Morgan fingerprint density at radius 2 is 1.78 bits per heavy atom. The molecule has 0 aromatic carbocycles. The van der Waals surface area contributed by atoms with Crippen molar-refractivity contribution >= 4 is 0 Å². The normalized spacial score (nSPS) is 68.3. The van der Waals surface area contributed by atoms with Gasteiger partial charge in [0.2, 0.25) is 0 Å². The van der Waals surface area contributed by atoms with Crippen LogP contribution in [-0.2, 0) is 0 Å². The Labute approximate surface area is 56.6 Å². The highest BCUT2D eigenvalue weighted by Crippen LogP contribution is 2.71. The van der Waals surface area contributed by atoms with E-state index in [9.17, 15) is 0 Å². The Morgan fingerprint density at radius 3 is 2.00 bits per heavy atom. The molecule has 0 spiro atoms. The Kier molecular flexibility index (Phi) is 0.574. The molecule has 3 rings (SSSR count). The van der Waals surface area contributed by atoms with Gasteiger partial charge < -0.3 is 0 Å². The van der Waals surface area contributed by atoms with Crippen molar-refractivity contribution < 1.29 is 0 Å². The molecular weight excluding hydrogens is 108 g/mol. The molecule has 2 unspecified atom stereocenters. The topological polar surface area (TPSA) is 0 Å². The zero-order chi connectivity index (χ0) is 6.06. The Hall–Kier alpha value is 0. The predicted molar refractivity (Wildman–Crippen MR) is 37.0 cm³/mol. The first-order valence-electron chi connectivity index (χ1n) is 4.29. The standard InChI is InChI=1S/C9H14/c1-9-5-6-2-7(9)4-8(9)3-6/h6-8H,2-5H2,1H3. The summed E-state index contributed by atoms with van der Waals surface area (Å²) in [6.07, 6.45) is 6.36. The third-order valence-electron chi connectivity index (χ3n) is 4.40. The van der Waals surface area contributed by atoms with Crippen molar-refractivity contribution in [3.8, 4) is 0 Å². The average Bonchev–Trinajstić information content (AvgIpc) is 2.20. The van der Waals surface area contributed by atoms with E-state index in [1.165, 1.54) is 17.8 Å². The molecule has 50 valence electrons. The summed E-state index contributed by atoms with van der Waals surface area (Å²) < 4.78 is 0. The summed E-state index contributed by atoms with van der Waals surface area (Å²) in [4.78, 5) is 0. The molecular formula is C9H14. The van der Waals surface area contributed by atoms with Crippen LogP contribution in [0.3, 0.4) is 0 Å². The summed E-state index contributed by atoms with van der Waals surface area (Å²) in [5.41, 5.74) is 0.866. The molecule has 0 aromatic heterocycles. The molecule has 0 aliphatic heterocycles. The lowest BCUT2D eigenvalue weighted by atomic mass is 9.54. The van der Waals surface area contributed by atoms with Gasteiger partial charge in [-0.25, -0.2) is 0 Å². The van der Waals surface area contributed by atoms with Crippen LogP contribution in [0.15, 0.2) is 0 Å². The molecule has 0 N–H and O–H groups in total. The number of fused-ring (bicyclic) bond motifs is 1. The second-order valence-electron chi connectivity index (χ2n) is 4.68. The van der Waals surface area contributed by atoms with E-state index in [1.807, 2.05) is 0 Å². The second-order valence-corrected chi connectivity index (χ2v) is 4.68. The van der Waals surface area contributed by atoms with Crippen LogP contribution in [0.4, 0.5) is 0 Å². The summed E-state index contributed by atoms with van der Waals surface area (Å²) in [6, 6.07) is 0. The predicted octanol–water partition coefficient (Wildman–Crippen LogP) is 2.44. The molecule has 3 aliphatic rings. The fourth-order valence-electron chi connectivity index (χ4n) is 3.81. The van der Waals surface area contributed by atoms with Gasteiger partial charge in [-0.15, -0.1) is 0 Å². The highest BCUT2D eigenvalue weighted by atomic mass is 14.7. The summed E-state index contributed by atoms with van der Waals surface area (Å²) in [7, 11) is 0. The molecule has 2 atom stereocenters. The van der Waals surface area contributed by atoms with E-state index >= 15 is 0 Å². The number of rotatable bonds is 0. The minimum Gasteiger partial charge on any atom is -0.0591 e. The minimum absolute atomic E-state index is 0.866. The van der Waals surface area contributed by atoms with Gasteiger partial charge in [0.15, 0.2) is 0 Å². The molecule has 3 fully saturated rings. The first-order valence-corrected chi connectivity index (χ1v) is 4.29. The molecule has 0 aromatic rings. The fraction of sp³-hybridized carbons (Fsp3) is 1.00. The van der Waals surface area contributed by atoms with Crippen molar-refractivity contribution in [1.82, 2.24) is 0 Å². The lowest BCUT2D eigenvalue weighted by Gasteiger charge is -2.50. The Bertz CT molecular complexity index is 147. The minimum atomic E-state index is 0.866. The van der Waals surface area contributed by atoms with Gasteiger partial charge in [-0.2, -0.15) is 0 Å². The van der Waals surface area contributed by atoms with Crippen LogP contribution < -0.4 is 0 Å². The van der Waals surface area contributed by atoms with Crippen molar-refractivity contribution in [1.29, 1.82) is 0 Å². The third kappa shape index (κ3) is 0.342. The molecule has 2 bridgehead atoms. The van der Waals surface area contributed by atoms with E-state index in [4.69, 9.17) is 0 Å². The first kappa shape index (κ1) is 4.76. The van der Waals surface area contributed by atoms with E-state index in [1.54, 1.807) is 25.7 Å². The highest BCUT2D eigenvalue weighted by molar-refractivity contribution is 5.11. The van der Waals surface area contributed by atoms with E-state index in [2.05, 4.69) is 6.92 Å². The van der Waals surface area contributed by atoms with Gasteiger partial charge in [0.25, 0.3) is 0 Å². The van der Waals surface area contributed by atoms with E-state index in [0.29, 0.717) is 0 Å². The molecule has 0 heterocycles. The lowest BCUT2D eigenvalue weighted by Crippen LogP contribution is -2.42. The molecule has 3 saturated carbocycles. The van der Waals surface area contributed by atoms with Gasteiger partial charge >= 0.3 is 0 Å². The molecule has 0 radical (unpaired) electrons. The molecule has 3 aliphatic carbocycles. The smallest absolute Gasteiger partial charge is 0.0266 e. The molecule has 9 heavy (non-hydrogen) atoms. The van der Waals surface area contributed by atoms with Gasteiger partial charge in [-0.1, -0.05) is 6.92 Å². The van der Waals surface area contributed by atoms with Crippen molar-refractivity contribution in [2.24, 2.45) is 23.2 Å². The molecule has 0 saturated heterocycles. The molecule has 0 nitrogen and oxygen atoms in total. The van der Waals surface area contributed by atoms with Crippen molar-refractivity contribution in [3.05, 3.63) is 0 Å². The van der Waals surface area contributed by atoms with Crippen molar-refractivity contribution in [3.63, 3.8) is 0 Å². The van der Waals surface area contributed by atoms with E-state index < -0.39 is 0 Å².